The van der Waals surface area contributed by atoms with Crippen molar-refractivity contribution >= 4 is 0 Å². The van der Waals surface area contributed by atoms with E-state index in [4.69, 9.17) is 5.26 Å². The van der Waals surface area contributed by atoms with Gasteiger partial charge in [-0.2, -0.15) is 5.26 Å². The first-order chi connectivity index (χ1) is 6.13. The normalized spacial score (nSPS) is 28.3. The molecule has 74 valence electrons. The molecule has 0 spiro atoms. The van der Waals surface area contributed by atoms with Gasteiger partial charge in [-0.3, -0.25) is 0 Å². The molecule has 3 nitrogen and oxygen atoms in total. The van der Waals surface area contributed by atoms with Gasteiger partial charge >= 0.3 is 0 Å². The van der Waals surface area contributed by atoms with Gasteiger partial charge < -0.3 is 10.0 Å². The third kappa shape index (κ3) is 2.98. The van der Waals surface area contributed by atoms with E-state index in [0.29, 0.717) is 5.92 Å². The van der Waals surface area contributed by atoms with E-state index in [0.717, 1.165) is 26.1 Å². The molecule has 0 aromatic rings. The van der Waals surface area contributed by atoms with Crippen LogP contribution in [0.3, 0.4) is 0 Å². The van der Waals surface area contributed by atoms with Crippen LogP contribution in [0, 0.1) is 23.2 Å². The summed E-state index contributed by atoms with van der Waals surface area (Å²) in [7, 11) is 0. The number of nitrogens with zero attached hydrogens (tertiary/aromatic N) is 2. The summed E-state index contributed by atoms with van der Waals surface area (Å²) in [5.74, 6) is 0.513. The van der Waals surface area contributed by atoms with Crippen LogP contribution in [0.4, 0.5) is 0 Å². The minimum absolute atomic E-state index is 0.104. The second-order valence-corrected chi connectivity index (χ2v) is 4.08. The molecule has 3 atom stereocenters. The molecule has 3 heteroatoms. The van der Waals surface area contributed by atoms with Crippen LogP contribution in [-0.2, 0) is 0 Å². The summed E-state index contributed by atoms with van der Waals surface area (Å²) in [5.41, 5.74) is 0. The maximum Gasteiger partial charge on any atom is 0.0666 e. The van der Waals surface area contributed by atoms with Gasteiger partial charge in [0.1, 0.15) is 0 Å². The van der Waals surface area contributed by atoms with Crippen molar-refractivity contribution in [3.8, 4) is 6.07 Å². The smallest absolute Gasteiger partial charge is 0.0666 e. The predicted octanol–water partition coefficient (Wildman–Crippen LogP) is 0.849. The summed E-state index contributed by atoms with van der Waals surface area (Å²) in [4.78, 5) is 2.27. The standard InChI is InChI=1S/C10H18N2O/c1-8(5-11)6-12-4-3-10(7-12)9(2)13/h8-10,13H,3-4,6-7H2,1-2H3. The molecule has 13 heavy (non-hydrogen) atoms. The SMILES string of the molecule is CC(C#N)CN1CCC(C(C)O)C1. The van der Waals surface area contributed by atoms with Crippen molar-refractivity contribution < 1.29 is 5.11 Å². The molecular formula is C10H18N2O. The summed E-state index contributed by atoms with van der Waals surface area (Å²) in [5, 5.41) is 18.0. The Labute approximate surface area is 80.0 Å². The van der Waals surface area contributed by atoms with Crippen molar-refractivity contribution in [3.05, 3.63) is 0 Å². The van der Waals surface area contributed by atoms with Gasteiger partial charge in [-0.15, -0.1) is 0 Å². The third-order valence-electron chi connectivity index (χ3n) is 2.74. The Morgan fingerprint density at radius 2 is 2.31 bits per heavy atom. The van der Waals surface area contributed by atoms with E-state index in [1.807, 2.05) is 13.8 Å². The van der Waals surface area contributed by atoms with E-state index in [1.54, 1.807) is 0 Å². The maximum atomic E-state index is 9.37. The second kappa shape index (κ2) is 4.59. The molecule has 0 amide bonds. The lowest BCUT2D eigenvalue weighted by Gasteiger charge is -2.17. The third-order valence-corrected chi connectivity index (χ3v) is 2.74. The summed E-state index contributed by atoms with van der Waals surface area (Å²) < 4.78 is 0. The van der Waals surface area contributed by atoms with Gasteiger partial charge in [-0.25, -0.2) is 0 Å². The van der Waals surface area contributed by atoms with Gasteiger partial charge in [0.25, 0.3) is 0 Å². The highest BCUT2D eigenvalue weighted by Gasteiger charge is 2.26. The molecule has 3 unspecified atom stereocenters. The molecule has 0 aromatic carbocycles. The van der Waals surface area contributed by atoms with Crippen LogP contribution in [-0.4, -0.2) is 35.7 Å². The number of hydrogen-bond donors (Lipinski definition) is 1. The lowest BCUT2D eigenvalue weighted by Crippen LogP contribution is -2.27. The minimum atomic E-state index is -0.206. The van der Waals surface area contributed by atoms with Crippen LogP contribution in [0.15, 0.2) is 0 Å². The second-order valence-electron chi connectivity index (χ2n) is 4.08. The topological polar surface area (TPSA) is 47.3 Å². The zero-order valence-corrected chi connectivity index (χ0v) is 8.40. The Morgan fingerprint density at radius 3 is 2.77 bits per heavy atom. The first-order valence-electron chi connectivity index (χ1n) is 4.93. The van der Waals surface area contributed by atoms with Crippen LogP contribution in [0.5, 0.6) is 0 Å². The fraction of sp³-hybridized carbons (Fsp3) is 0.900. The average molecular weight is 182 g/mol. The minimum Gasteiger partial charge on any atom is -0.393 e. The molecule has 0 aliphatic carbocycles. The van der Waals surface area contributed by atoms with Gasteiger partial charge in [0.2, 0.25) is 0 Å². The largest absolute Gasteiger partial charge is 0.393 e. The number of aliphatic hydroxyl groups is 1. The molecule has 1 rings (SSSR count). The number of likely N-dealkylation sites (tertiary alicyclic amines) is 1. The van der Waals surface area contributed by atoms with Gasteiger partial charge in [0.05, 0.1) is 18.1 Å². The number of rotatable bonds is 3. The van der Waals surface area contributed by atoms with E-state index in [-0.39, 0.29) is 12.0 Å². The Hall–Kier alpha value is -0.590. The Morgan fingerprint density at radius 1 is 1.62 bits per heavy atom. The van der Waals surface area contributed by atoms with Gasteiger partial charge in [0.15, 0.2) is 0 Å². The molecule has 0 bridgehead atoms. The fourth-order valence-electron chi connectivity index (χ4n) is 1.85. The Bertz CT molecular complexity index is 198. The lowest BCUT2D eigenvalue weighted by molar-refractivity contribution is 0.127. The van der Waals surface area contributed by atoms with E-state index in [9.17, 15) is 5.11 Å². The molecular weight excluding hydrogens is 164 g/mol. The first kappa shape index (κ1) is 10.5. The van der Waals surface area contributed by atoms with E-state index >= 15 is 0 Å². The zero-order valence-electron chi connectivity index (χ0n) is 8.40. The number of aliphatic hydroxyl groups excluding tert-OH is 1. The van der Waals surface area contributed by atoms with Crippen molar-refractivity contribution in [2.75, 3.05) is 19.6 Å². The number of hydrogen-bond acceptors (Lipinski definition) is 3. The summed E-state index contributed by atoms with van der Waals surface area (Å²) in [6, 6.07) is 2.23. The van der Waals surface area contributed by atoms with Crippen LogP contribution >= 0.6 is 0 Å². The molecule has 1 fully saturated rings. The quantitative estimate of drug-likeness (QED) is 0.704. The van der Waals surface area contributed by atoms with Crippen molar-refractivity contribution in [1.82, 2.24) is 4.90 Å². The molecule has 1 N–H and O–H groups in total. The molecule has 1 aliphatic heterocycles. The summed E-state index contributed by atoms with van der Waals surface area (Å²) >= 11 is 0. The zero-order chi connectivity index (χ0) is 9.84. The summed E-state index contributed by atoms with van der Waals surface area (Å²) in [6.07, 6.45) is 0.859. The van der Waals surface area contributed by atoms with Crippen molar-refractivity contribution in [1.29, 1.82) is 5.26 Å². The van der Waals surface area contributed by atoms with Crippen LogP contribution in [0.25, 0.3) is 0 Å². The van der Waals surface area contributed by atoms with Crippen LogP contribution in [0.1, 0.15) is 20.3 Å². The van der Waals surface area contributed by atoms with Crippen molar-refractivity contribution in [2.24, 2.45) is 11.8 Å². The monoisotopic (exact) mass is 182 g/mol. The average Bonchev–Trinajstić information content (AvgIpc) is 2.52. The molecule has 0 aromatic heterocycles. The van der Waals surface area contributed by atoms with E-state index in [2.05, 4.69) is 11.0 Å². The number of nitriles is 1. The maximum absolute atomic E-state index is 9.37. The van der Waals surface area contributed by atoms with Gasteiger partial charge in [0, 0.05) is 13.1 Å². The molecule has 1 saturated heterocycles. The first-order valence-corrected chi connectivity index (χ1v) is 4.93. The summed E-state index contributed by atoms with van der Waals surface area (Å²) in [6.45, 7) is 6.61. The van der Waals surface area contributed by atoms with Gasteiger partial charge in [-0.1, -0.05) is 0 Å². The Balaban J connectivity index is 2.30. The predicted molar refractivity (Wildman–Crippen MR) is 51.0 cm³/mol. The van der Waals surface area contributed by atoms with Gasteiger partial charge in [-0.05, 0) is 32.7 Å². The van der Waals surface area contributed by atoms with Crippen molar-refractivity contribution in [3.63, 3.8) is 0 Å². The van der Waals surface area contributed by atoms with Crippen molar-refractivity contribution in [2.45, 2.75) is 26.4 Å². The highest BCUT2D eigenvalue weighted by Crippen LogP contribution is 2.20. The lowest BCUT2D eigenvalue weighted by atomic mass is 10.0. The Kier molecular flexibility index (Phi) is 3.71. The highest BCUT2D eigenvalue weighted by molar-refractivity contribution is 4.85. The molecule has 0 saturated carbocycles. The highest BCUT2D eigenvalue weighted by atomic mass is 16.3. The molecule has 1 heterocycles. The molecule has 0 radical (unpaired) electrons. The molecule has 1 aliphatic rings. The fourth-order valence-corrected chi connectivity index (χ4v) is 1.85. The van der Waals surface area contributed by atoms with Crippen LogP contribution < -0.4 is 0 Å². The van der Waals surface area contributed by atoms with E-state index < -0.39 is 0 Å². The van der Waals surface area contributed by atoms with Crippen LogP contribution in [0.2, 0.25) is 0 Å². The van der Waals surface area contributed by atoms with E-state index in [1.165, 1.54) is 0 Å².